The van der Waals surface area contributed by atoms with Crippen molar-refractivity contribution in [1.29, 1.82) is 0 Å². The number of nitrogens with one attached hydrogen (secondary N) is 1. The minimum atomic E-state index is -0.331. The average molecular weight is 267 g/mol. The predicted octanol–water partition coefficient (Wildman–Crippen LogP) is 1.26. The molecule has 2 heterocycles. The van der Waals surface area contributed by atoms with Gasteiger partial charge in [-0.05, 0) is 18.6 Å². The van der Waals surface area contributed by atoms with E-state index in [1.807, 2.05) is 11.6 Å². The van der Waals surface area contributed by atoms with Crippen LogP contribution in [0.5, 0.6) is 0 Å². The number of primary amides is 1. The number of fused-ring (bicyclic) bond motifs is 1. The molecule has 0 atom stereocenters. The zero-order chi connectivity index (χ0) is 13.3. The molecule has 2 aromatic rings. The molecule has 7 heteroatoms. The van der Waals surface area contributed by atoms with Gasteiger partial charge in [-0.1, -0.05) is 13.3 Å². The van der Waals surface area contributed by atoms with E-state index in [4.69, 9.17) is 18.0 Å². The van der Waals surface area contributed by atoms with E-state index in [-0.39, 0.29) is 12.3 Å². The third-order valence-electron chi connectivity index (χ3n) is 2.89. The molecule has 0 fully saturated rings. The molecule has 3 N–H and O–H groups in total. The van der Waals surface area contributed by atoms with Crippen LogP contribution in [-0.2, 0) is 24.8 Å². The van der Waals surface area contributed by atoms with Crippen LogP contribution in [0.25, 0.3) is 11.2 Å². The molecule has 0 bridgehead atoms. The van der Waals surface area contributed by atoms with E-state index in [1.54, 1.807) is 4.68 Å². The summed E-state index contributed by atoms with van der Waals surface area (Å²) < 4.78 is 4.28. The summed E-state index contributed by atoms with van der Waals surface area (Å²) in [7, 11) is 1.88. The number of aromatic amines is 1. The topological polar surface area (TPSA) is 81.6 Å². The highest BCUT2D eigenvalue weighted by atomic mass is 32.1. The number of rotatable bonds is 5. The van der Waals surface area contributed by atoms with E-state index in [2.05, 4.69) is 17.0 Å². The number of aromatic nitrogens is 4. The summed E-state index contributed by atoms with van der Waals surface area (Å²) in [5, 5.41) is 4.47. The van der Waals surface area contributed by atoms with Gasteiger partial charge in [0.25, 0.3) is 0 Å². The van der Waals surface area contributed by atoms with Gasteiger partial charge in [0.15, 0.2) is 10.4 Å². The lowest BCUT2D eigenvalue weighted by atomic mass is 10.2. The summed E-state index contributed by atoms with van der Waals surface area (Å²) >= 11 is 5.28. The third-order valence-corrected chi connectivity index (χ3v) is 3.21. The predicted molar refractivity (Wildman–Crippen MR) is 71.7 cm³/mol. The first-order chi connectivity index (χ1) is 8.54. The van der Waals surface area contributed by atoms with Crippen LogP contribution in [0, 0.1) is 4.77 Å². The fourth-order valence-electron chi connectivity index (χ4n) is 2.12. The summed E-state index contributed by atoms with van der Waals surface area (Å²) in [6.07, 6.45) is 2.21. The molecule has 0 aliphatic heterocycles. The molecule has 0 unspecified atom stereocenters. The van der Waals surface area contributed by atoms with Gasteiger partial charge in [0, 0.05) is 20.0 Å². The number of hydrogen-bond acceptors (Lipinski definition) is 3. The van der Waals surface area contributed by atoms with Crippen LogP contribution in [0.2, 0.25) is 0 Å². The molecule has 1 amide bonds. The minimum Gasteiger partial charge on any atom is -0.370 e. The number of carbonyl (C=O) groups excluding carboxylic acids is 1. The lowest BCUT2D eigenvalue weighted by molar-refractivity contribution is -0.118. The zero-order valence-corrected chi connectivity index (χ0v) is 11.4. The van der Waals surface area contributed by atoms with Crippen molar-refractivity contribution >= 4 is 29.3 Å². The fourth-order valence-corrected chi connectivity index (χ4v) is 2.40. The van der Waals surface area contributed by atoms with Crippen LogP contribution in [0.3, 0.4) is 0 Å². The Bertz CT molecular complexity index is 636. The number of amides is 1. The summed E-state index contributed by atoms with van der Waals surface area (Å²) in [5.41, 5.74) is 8.08. The number of imidazole rings is 1. The number of carbonyl (C=O) groups is 1. The van der Waals surface area contributed by atoms with Gasteiger partial charge >= 0.3 is 0 Å². The molecular formula is C11H17N5OS. The molecule has 0 aliphatic rings. The van der Waals surface area contributed by atoms with E-state index in [0.717, 1.165) is 29.7 Å². The molecule has 18 heavy (non-hydrogen) atoms. The van der Waals surface area contributed by atoms with Crippen LogP contribution < -0.4 is 5.73 Å². The van der Waals surface area contributed by atoms with Gasteiger partial charge in [0.1, 0.15) is 5.52 Å². The van der Waals surface area contributed by atoms with E-state index < -0.39 is 0 Å². The molecule has 2 aromatic heterocycles. The first-order valence-electron chi connectivity index (χ1n) is 5.97. The van der Waals surface area contributed by atoms with E-state index >= 15 is 0 Å². The fraction of sp³-hybridized carbons (Fsp3) is 0.545. The van der Waals surface area contributed by atoms with Gasteiger partial charge in [0.05, 0.1) is 5.69 Å². The summed E-state index contributed by atoms with van der Waals surface area (Å²) in [6.45, 7) is 2.60. The molecule has 98 valence electrons. The molecule has 0 saturated carbocycles. The highest BCUT2D eigenvalue weighted by molar-refractivity contribution is 7.71. The summed E-state index contributed by atoms with van der Waals surface area (Å²) in [5.74, 6) is -0.331. The average Bonchev–Trinajstić information content (AvgIpc) is 2.76. The van der Waals surface area contributed by atoms with Crippen LogP contribution in [0.4, 0.5) is 0 Å². The Morgan fingerprint density at radius 1 is 1.56 bits per heavy atom. The molecule has 0 aliphatic carbocycles. The zero-order valence-electron chi connectivity index (χ0n) is 10.6. The summed E-state index contributed by atoms with van der Waals surface area (Å²) in [4.78, 5) is 14.0. The molecule has 0 spiro atoms. The molecule has 6 nitrogen and oxygen atoms in total. The first kappa shape index (κ1) is 12.8. The Labute approximate surface area is 110 Å². The van der Waals surface area contributed by atoms with Crippen LogP contribution in [0.1, 0.15) is 25.5 Å². The van der Waals surface area contributed by atoms with Crippen LogP contribution >= 0.6 is 12.2 Å². The maximum Gasteiger partial charge on any atom is 0.219 e. The van der Waals surface area contributed by atoms with Crippen molar-refractivity contribution in [2.75, 3.05) is 0 Å². The molecule has 0 radical (unpaired) electrons. The van der Waals surface area contributed by atoms with Crippen molar-refractivity contribution in [2.24, 2.45) is 12.8 Å². The standard InChI is InChI=1S/C11H17N5OS/c1-3-4-7-9-10(15(2)14-7)16(11(18)13-9)6-5-8(12)17/h3-6H2,1-2H3,(H2,12,17)(H,13,18). The molecular weight excluding hydrogens is 250 g/mol. The molecule has 2 rings (SSSR count). The lowest BCUT2D eigenvalue weighted by Gasteiger charge is -2.02. The van der Waals surface area contributed by atoms with E-state index in [9.17, 15) is 4.79 Å². The normalized spacial score (nSPS) is 11.2. The number of nitrogens with zero attached hydrogens (tertiary/aromatic N) is 3. The Hall–Kier alpha value is -1.63. The minimum absolute atomic E-state index is 0.273. The molecule has 0 aromatic carbocycles. The number of nitrogens with two attached hydrogens (primary N) is 1. The maximum absolute atomic E-state index is 10.9. The Morgan fingerprint density at radius 3 is 2.89 bits per heavy atom. The highest BCUT2D eigenvalue weighted by Crippen LogP contribution is 2.19. The van der Waals surface area contributed by atoms with Gasteiger partial charge in [-0.3, -0.25) is 9.48 Å². The maximum atomic E-state index is 10.9. The van der Waals surface area contributed by atoms with Crippen molar-refractivity contribution in [1.82, 2.24) is 19.3 Å². The van der Waals surface area contributed by atoms with E-state index in [1.165, 1.54) is 0 Å². The van der Waals surface area contributed by atoms with Gasteiger partial charge in [-0.15, -0.1) is 0 Å². The van der Waals surface area contributed by atoms with E-state index in [0.29, 0.717) is 11.3 Å². The third kappa shape index (κ3) is 2.17. The second kappa shape index (κ2) is 4.93. The smallest absolute Gasteiger partial charge is 0.219 e. The first-order valence-corrected chi connectivity index (χ1v) is 6.38. The van der Waals surface area contributed by atoms with Gasteiger partial charge < -0.3 is 15.3 Å². The highest BCUT2D eigenvalue weighted by Gasteiger charge is 2.14. The Balaban J connectivity index is 2.50. The quantitative estimate of drug-likeness (QED) is 0.800. The van der Waals surface area contributed by atoms with Crippen molar-refractivity contribution < 1.29 is 4.79 Å². The van der Waals surface area contributed by atoms with Crippen LogP contribution in [0.15, 0.2) is 0 Å². The number of aryl methyl sites for hydroxylation is 3. The SMILES string of the molecule is CCCc1nn(C)c2c1[nH]c(=S)n2CCC(N)=O. The van der Waals surface area contributed by atoms with Crippen molar-refractivity contribution in [3.8, 4) is 0 Å². The second-order valence-corrected chi connectivity index (χ2v) is 4.70. The second-order valence-electron chi connectivity index (χ2n) is 4.32. The van der Waals surface area contributed by atoms with Gasteiger partial charge in [0.2, 0.25) is 5.91 Å². The summed E-state index contributed by atoms with van der Waals surface area (Å²) in [6, 6.07) is 0. The monoisotopic (exact) mass is 267 g/mol. The van der Waals surface area contributed by atoms with Gasteiger partial charge in [-0.2, -0.15) is 5.10 Å². The van der Waals surface area contributed by atoms with Gasteiger partial charge in [-0.25, -0.2) is 0 Å². The van der Waals surface area contributed by atoms with Crippen molar-refractivity contribution in [3.05, 3.63) is 10.5 Å². The molecule has 0 saturated heterocycles. The van der Waals surface area contributed by atoms with Crippen LogP contribution in [-0.4, -0.2) is 25.2 Å². The Morgan fingerprint density at radius 2 is 2.28 bits per heavy atom. The van der Waals surface area contributed by atoms with Crippen molar-refractivity contribution in [2.45, 2.75) is 32.7 Å². The lowest BCUT2D eigenvalue weighted by Crippen LogP contribution is -2.14. The van der Waals surface area contributed by atoms with Crippen molar-refractivity contribution in [3.63, 3.8) is 0 Å². The Kier molecular flexibility index (Phi) is 3.51. The number of hydrogen-bond donors (Lipinski definition) is 2. The largest absolute Gasteiger partial charge is 0.370 e. The number of H-pyrrole nitrogens is 1.